The predicted octanol–water partition coefficient (Wildman–Crippen LogP) is 3.03. The van der Waals surface area contributed by atoms with Crippen LogP contribution in [0.4, 0.5) is 0 Å². The third-order valence-corrected chi connectivity index (χ3v) is 5.33. The smallest absolute Gasteiger partial charge is 0.237 e. The molecule has 0 bridgehead atoms. The Balaban J connectivity index is 1.46. The minimum atomic E-state index is -0.343. The van der Waals surface area contributed by atoms with E-state index in [0.29, 0.717) is 35.0 Å². The van der Waals surface area contributed by atoms with Crippen LogP contribution >= 0.6 is 23.4 Å². The number of rotatable bonds is 8. The lowest BCUT2D eigenvalue weighted by molar-refractivity contribution is -0.118. The normalized spacial score (nSPS) is 13.8. The molecule has 3 aromatic rings. The molecule has 4 rings (SSSR count). The van der Waals surface area contributed by atoms with Gasteiger partial charge in [-0.3, -0.25) is 4.79 Å². The second-order valence-corrected chi connectivity index (χ2v) is 7.67. The van der Waals surface area contributed by atoms with Gasteiger partial charge in [0.2, 0.25) is 17.6 Å². The molecule has 1 saturated carbocycles. The van der Waals surface area contributed by atoms with Gasteiger partial charge in [-0.2, -0.15) is 4.98 Å². The summed E-state index contributed by atoms with van der Waals surface area (Å²) < 4.78 is 7.30. The first-order valence-electron chi connectivity index (χ1n) is 8.53. The van der Waals surface area contributed by atoms with Crippen molar-refractivity contribution in [1.29, 1.82) is 0 Å². The lowest BCUT2D eigenvalue weighted by Gasteiger charge is -2.07. The highest BCUT2D eigenvalue weighted by Gasteiger charge is 2.30. The van der Waals surface area contributed by atoms with E-state index in [1.54, 1.807) is 12.1 Å². The molecule has 0 saturated heterocycles. The van der Waals surface area contributed by atoms with Crippen LogP contribution in [0.2, 0.25) is 5.02 Å². The Kier molecular flexibility index (Phi) is 5.13. The molecule has 1 aliphatic rings. The van der Waals surface area contributed by atoms with E-state index in [4.69, 9.17) is 21.9 Å². The van der Waals surface area contributed by atoms with E-state index in [1.165, 1.54) is 11.8 Å². The van der Waals surface area contributed by atoms with E-state index in [1.807, 2.05) is 16.7 Å². The van der Waals surface area contributed by atoms with Gasteiger partial charge in [-0.05, 0) is 25.0 Å². The average Bonchev–Trinajstić information content (AvgIpc) is 3.24. The molecule has 1 aliphatic carbocycles. The van der Waals surface area contributed by atoms with Crippen molar-refractivity contribution >= 4 is 29.3 Å². The van der Waals surface area contributed by atoms with E-state index < -0.39 is 0 Å². The second kappa shape index (κ2) is 7.69. The van der Waals surface area contributed by atoms with Gasteiger partial charge < -0.3 is 14.8 Å². The van der Waals surface area contributed by atoms with Crippen LogP contribution in [0.25, 0.3) is 11.4 Å². The lowest BCUT2D eigenvalue weighted by atomic mass is 10.2. The van der Waals surface area contributed by atoms with Crippen LogP contribution in [-0.2, 0) is 17.1 Å². The van der Waals surface area contributed by atoms with E-state index in [2.05, 4.69) is 20.3 Å². The number of carbonyl (C=O) groups excluding carboxylic acids is 1. The molecule has 10 heteroatoms. The number of nitrogens with zero attached hydrogens (tertiary/aromatic N) is 5. The van der Waals surface area contributed by atoms with Crippen LogP contribution in [-0.4, -0.2) is 30.8 Å². The zero-order chi connectivity index (χ0) is 18.8. The summed E-state index contributed by atoms with van der Waals surface area (Å²) in [6.45, 7) is 0.480. The first-order valence-corrected chi connectivity index (χ1v) is 9.89. The molecule has 2 aromatic heterocycles. The Labute approximate surface area is 164 Å². The van der Waals surface area contributed by atoms with Crippen molar-refractivity contribution in [3.05, 3.63) is 41.0 Å². The SMILES string of the molecule is NC(=O)CCn1c(SCc2nc(-c3cccc(Cl)c3)no2)nnc1C1CC1. The molecule has 1 fully saturated rings. The summed E-state index contributed by atoms with van der Waals surface area (Å²) in [7, 11) is 0. The molecule has 1 amide bonds. The maximum Gasteiger partial charge on any atom is 0.237 e. The van der Waals surface area contributed by atoms with E-state index in [-0.39, 0.29) is 12.3 Å². The number of carbonyl (C=O) groups is 1. The van der Waals surface area contributed by atoms with Gasteiger partial charge in [0.25, 0.3) is 0 Å². The molecule has 0 spiro atoms. The Morgan fingerprint density at radius 1 is 1.37 bits per heavy atom. The minimum Gasteiger partial charge on any atom is -0.370 e. The summed E-state index contributed by atoms with van der Waals surface area (Å²) in [4.78, 5) is 15.6. The van der Waals surface area contributed by atoms with Crippen molar-refractivity contribution in [1.82, 2.24) is 24.9 Å². The fourth-order valence-corrected chi connectivity index (χ4v) is 3.67. The highest BCUT2D eigenvalue weighted by Crippen LogP contribution is 2.40. The van der Waals surface area contributed by atoms with Gasteiger partial charge in [-0.1, -0.05) is 40.7 Å². The van der Waals surface area contributed by atoms with Crippen LogP contribution in [0, 0.1) is 0 Å². The molecular weight excluding hydrogens is 388 g/mol. The number of halogens is 1. The predicted molar refractivity (Wildman–Crippen MR) is 100 cm³/mol. The van der Waals surface area contributed by atoms with Gasteiger partial charge in [0.1, 0.15) is 5.82 Å². The van der Waals surface area contributed by atoms with Crippen LogP contribution in [0.3, 0.4) is 0 Å². The number of thioether (sulfide) groups is 1. The first-order chi connectivity index (χ1) is 13.1. The number of hydrogen-bond donors (Lipinski definition) is 1. The van der Waals surface area contributed by atoms with Crippen LogP contribution < -0.4 is 5.73 Å². The number of amides is 1. The van der Waals surface area contributed by atoms with Gasteiger partial charge in [0, 0.05) is 29.5 Å². The maximum atomic E-state index is 11.2. The highest BCUT2D eigenvalue weighted by molar-refractivity contribution is 7.98. The molecule has 0 unspecified atom stereocenters. The monoisotopic (exact) mass is 404 g/mol. The van der Waals surface area contributed by atoms with Crippen molar-refractivity contribution in [2.75, 3.05) is 0 Å². The fraction of sp³-hybridized carbons (Fsp3) is 0.353. The van der Waals surface area contributed by atoms with Crippen LogP contribution in [0.15, 0.2) is 33.9 Å². The fourth-order valence-electron chi connectivity index (χ4n) is 2.67. The second-order valence-electron chi connectivity index (χ2n) is 6.29. The summed E-state index contributed by atoms with van der Waals surface area (Å²) >= 11 is 7.45. The molecule has 27 heavy (non-hydrogen) atoms. The molecule has 140 valence electrons. The van der Waals surface area contributed by atoms with E-state index in [9.17, 15) is 4.79 Å². The summed E-state index contributed by atoms with van der Waals surface area (Å²) in [5.74, 6) is 2.42. The third kappa shape index (κ3) is 4.30. The zero-order valence-corrected chi connectivity index (χ0v) is 15.9. The molecule has 1 aromatic carbocycles. The highest BCUT2D eigenvalue weighted by atomic mass is 35.5. The molecule has 0 atom stereocenters. The van der Waals surface area contributed by atoms with Crippen molar-refractivity contribution < 1.29 is 9.32 Å². The Bertz CT molecular complexity index is 968. The number of nitrogens with two attached hydrogens (primary N) is 1. The third-order valence-electron chi connectivity index (χ3n) is 4.15. The molecule has 2 N–H and O–H groups in total. The van der Waals surface area contributed by atoms with Gasteiger partial charge in [0.05, 0.1) is 5.75 Å². The number of aromatic nitrogens is 5. The standard InChI is InChI=1S/C17H17ClN6O2S/c18-12-3-1-2-11(8-12)15-20-14(26-23-15)9-27-17-22-21-16(10-4-5-10)24(17)7-6-13(19)25/h1-3,8,10H,4-7,9H2,(H2,19,25). The Morgan fingerprint density at radius 3 is 2.96 bits per heavy atom. The van der Waals surface area contributed by atoms with Gasteiger partial charge in [0.15, 0.2) is 5.16 Å². The van der Waals surface area contributed by atoms with Gasteiger partial charge in [-0.15, -0.1) is 10.2 Å². The molecule has 0 radical (unpaired) electrons. The lowest BCUT2D eigenvalue weighted by Crippen LogP contribution is -2.15. The molecular formula is C17H17ClN6O2S. The van der Waals surface area contributed by atoms with Crippen molar-refractivity contribution in [3.63, 3.8) is 0 Å². The largest absolute Gasteiger partial charge is 0.370 e. The first kappa shape index (κ1) is 18.0. The Hall–Kier alpha value is -2.39. The number of hydrogen-bond acceptors (Lipinski definition) is 7. The zero-order valence-electron chi connectivity index (χ0n) is 14.3. The van der Waals surface area contributed by atoms with Crippen LogP contribution in [0.5, 0.6) is 0 Å². The van der Waals surface area contributed by atoms with Gasteiger partial charge in [-0.25, -0.2) is 0 Å². The molecule has 0 aliphatic heterocycles. The number of benzene rings is 1. The van der Waals surface area contributed by atoms with Gasteiger partial charge >= 0.3 is 0 Å². The summed E-state index contributed by atoms with van der Waals surface area (Å²) in [5.41, 5.74) is 6.09. The van der Waals surface area contributed by atoms with Crippen molar-refractivity contribution in [3.8, 4) is 11.4 Å². The van der Waals surface area contributed by atoms with Crippen LogP contribution in [0.1, 0.15) is 36.9 Å². The minimum absolute atomic E-state index is 0.255. The number of primary amides is 1. The Morgan fingerprint density at radius 2 is 2.22 bits per heavy atom. The summed E-state index contributed by atoms with van der Waals surface area (Å²) in [5, 5.41) is 13.9. The molecule has 8 nitrogen and oxygen atoms in total. The van der Waals surface area contributed by atoms with Crippen molar-refractivity contribution in [2.45, 2.75) is 42.6 Å². The van der Waals surface area contributed by atoms with Crippen molar-refractivity contribution in [2.24, 2.45) is 5.73 Å². The average molecular weight is 405 g/mol. The van der Waals surface area contributed by atoms with E-state index >= 15 is 0 Å². The quantitative estimate of drug-likeness (QED) is 0.574. The maximum absolute atomic E-state index is 11.2. The van der Waals surface area contributed by atoms with E-state index in [0.717, 1.165) is 29.4 Å². The summed E-state index contributed by atoms with van der Waals surface area (Å²) in [6.07, 6.45) is 2.46. The molecule has 2 heterocycles. The topological polar surface area (TPSA) is 113 Å². The summed E-state index contributed by atoms with van der Waals surface area (Å²) in [6, 6.07) is 7.28.